The second-order valence-corrected chi connectivity index (χ2v) is 13.5. The monoisotopic (exact) mass is 665 g/mol. The number of carbonyl (C=O) groups excluding carboxylic acids is 1. The molecular formula is C36H38F3N3O4S. The molecule has 1 N–H and O–H groups in total. The number of hydrogen-bond donors (Lipinski definition) is 1. The molecule has 47 heavy (non-hydrogen) atoms. The minimum absolute atomic E-state index is 0.0840. The zero-order chi connectivity index (χ0) is 33.9. The van der Waals surface area contributed by atoms with Gasteiger partial charge in [0, 0.05) is 60.8 Å². The second-order valence-electron chi connectivity index (χ2n) is 12.4. The van der Waals surface area contributed by atoms with Crippen LogP contribution in [0.15, 0.2) is 66.7 Å². The molecule has 0 saturated carbocycles. The van der Waals surface area contributed by atoms with Gasteiger partial charge in [0.2, 0.25) is 0 Å². The number of carboxylic acids is 1. The van der Waals surface area contributed by atoms with Crippen molar-refractivity contribution in [1.82, 2.24) is 9.88 Å². The summed E-state index contributed by atoms with van der Waals surface area (Å²) in [6.45, 7) is 10.7. The number of ether oxygens (including phenoxy) is 1. The van der Waals surface area contributed by atoms with Crippen molar-refractivity contribution >= 4 is 28.8 Å². The number of aromatic nitrogens is 1. The summed E-state index contributed by atoms with van der Waals surface area (Å²) in [6.07, 6.45) is -3.78. The summed E-state index contributed by atoms with van der Waals surface area (Å²) in [5.74, 6) is -0.789. The first-order chi connectivity index (χ1) is 22.2. The summed E-state index contributed by atoms with van der Waals surface area (Å²) in [4.78, 5) is 35.3. The number of ketones is 1. The average molecular weight is 666 g/mol. The lowest BCUT2D eigenvalue weighted by Crippen LogP contribution is -2.46. The highest BCUT2D eigenvalue weighted by atomic mass is 32.1. The molecule has 0 aliphatic carbocycles. The molecule has 1 saturated heterocycles. The van der Waals surface area contributed by atoms with E-state index < -0.39 is 23.3 Å². The van der Waals surface area contributed by atoms with E-state index in [1.807, 2.05) is 0 Å². The van der Waals surface area contributed by atoms with Crippen LogP contribution in [0, 0.1) is 13.8 Å². The quantitative estimate of drug-likeness (QED) is 0.164. The fraction of sp³-hybridized carbons (Fsp3) is 0.361. The van der Waals surface area contributed by atoms with Crippen molar-refractivity contribution in [2.75, 3.05) is 31.1 Å². The molecular weight excluding hydrogens is 627 g/mol. The number of nitrogens with zero attached hydrogens (tertiary/aromatic N) is 3. The Labute approximate surface area is 276 Å². The zero-order valence-corrected chi connectivity index (χ0v) is 27.7. The first kappa shape index (κ1) is 34.1. The molecule has 11 heteroatoms. The number of carboxylic acid groups (broad SMARTS) is 1. The van der Waals surface area contributed by atoms with E-state index in [0.717, 1.165) is 48.9 Å². The average Bonchev–Trinajstić information content (AvgIpc) is 3.43. The van der Waals surface area contributed by atoms with Crippen LogP contribution < -0.4 is 9.64 Å². The molecule has 0 radical (unpaired) electrons. The maximum absolute atomic E-state index is 13.3. The van der Waals surface area contributed by atoms with Crippen LogP contribution in [-0.2, 0) is 23.9 Å². The number of hydrogen-bond acceptors (Lipinski definition) is 7. The van der Waals surface area contributed by atoms with Gasteiger partial charge in [-0.2, -0.15) is 13.2 Å². The predicted molar refractivity (Wildman–Crippen MR) is 177 cm³/mol. The number of aliphatic carboxylic acids is 1. The largest absolute Gasteiger partial charge is 0.478 e. The van der Waals surface area contributed by atoms with Crippen molar-refractivity contribution in [2.24, 2.45) is 0 Å². The minimum Gasteiger partial charge on any atom is -0.478 e. The van der Waals surface area contributed by atoms with Gasteiger partial charge in [-0.1, -0.05) is 29.8 Å². The third-order valence-electron chi connectivity index (χ3n) is 8.34. The van der Waals surface area contributed by atoms with Crippen molar-refractivity contribution in [1.29, 1.82) is 0 Å². The molecule has 0 bridgehead atoms. The fourth-order valence-corrected chi connectivity index (χ4v) is 6.46. The van der Waals surface area contributed by atoms with Crippen LogP contribution in [0.5, 0.6) is 5.75 Å². The highest BCUT2D eigenvalue weighted by molar-refractivity contribution is 7.15. The Balaban J connectivity index is 1.31. The van der Waals surface area contributed by atoms with Gasteiger partial charge in [-0.15, -0.1) is 11.3 Å². The number of piperazine rings is 1. The molecule has 2 heterocycles. The summed E-state index contributed by atoms with van der Waals surface area (Å²) in [5, 5.41) is 10.0. The number of anilines is 1. The van der Waals surface area contributed by atoms with Crippen LogP contribution >= 0.6 is 11.3 Å². The smallest absolute Gasteiger partial charge is 0.416 e. The molecule has 1 aliphatic heterocycles. The molecule has 5 rings (SSSR count). The van der Waals surface area contributed by atoms with Gasteiger partial charge in [-0.3, -0.25) is 9.69 Å². The minimum atomic E-state index is -4.42. The number of aryl methyl sites for hydroxylation is 3. The van der Waals surface area contributed by atoms with E-state index in [-0.39, 0.29) is 12.2 Å². The first-order valence-electron chi connectivity index (χ1n) is 15.5. The lowest BCUT2D eigenvalue weighted by Gasteiger charge is -2.36. The number of thiazole rings is 1. The Kier molecular flexibility index (Phi) is 10.1. The third kappa shape index (κ3) is 8.39. The van der Waals surface area contributed by atoms with Crippen molar-refractivity contribution in [3.8, 4) is 16.3 Å². The van der Waals surface area contributed by atoms with Crippen molar-refractivity contribution < 1.29 is 32.6 Å². The Morgan fingerprint density at radius 3 is 2.19 bits per heavy atom. The van der Waals surface area contributed by atoms with Crippen molar-refractivity contribution in [3.63, 3.8) is 0 Å². The van der Waals surface area contributed by atoms with Crippen LogP contribution in [0.25, 0.3) is 10.6 Å². The highest BCUT2D eigenvalue weighted by Crippen LogP contribution is 2.34. The number of Topliss-reactive ketones (excluding diaryl/α,β-unsaturated/α-hetero) is 1. The van der Waals surface area contributed by atoms with Gasteiger partial charge in [0.05, 0.1) is 11.3 Å². The lowest BCUT2D eigenvalue weighted by atomic mass is 10.0. The van der Waals surface area contributed by atoms with E-state index in [2.05, 4.69) is 41.0 Å². The second kappa shape index (κ2) is 13.9. The standard InChI is InChI=1S/C36H38F3N3O4S/c1-23-5-12-28(13-6-23)42-19-17-41(18-20-42)22-29-32(47-33(40-29)25-7-10-27(11-8-25)36(37,38)39)16-14-30(43)26-9-15-31(24(2)21-26)46-35(3,4)34(44)45/h5-13,15,21H,14,16-20,22H2,1-4H3,(H,44,45). The maximum atomic E-state index is 13.3. The topological polar surface area (TPSA) is 83.0 Å². The van der Waals surface area contributed by atoms with Gasteiger partial charge in [0.25, 0.3) is 0 Å². The molecule has 0 spiro atoms. The number of halogens is 3. The van der Waals surface area contributed by atoms with Crippen LogP contribution in [0.1, 0.15) is 57.9 Å². The molecule has 1 fully saturated rings. The molecule has 0 amide bonds. The van der Waals surface area contributed by atoms with Gasteiger partial charge in [-0.05, 0) is 82.1 Å². The van der Waals surface area contributed by atoms with Crippen LogP contribution in [0.4, 0.5) is 18.9 Å². The zero-order valence-electron chi connectivity index (χ0n) is 26.9. The predicted octanol–water partition coefficient (Wildman–Crippen LogP) is 7.83. The summed E-state index contributed by atoms with van der Waals surface area (Å²) in [6, 6.07) is 18.5. The summed E-state index contributed by atoms with van der Waals surface area (Å²) >= 11 is 1.41. The van der Waals surface area contributed by atoms with Crippen LogP contribution in [0.2, 0.25) is 0 Å². The molecule has 0 unspecified atom stereocenters. The van der Waals surface area contributed by atoms with Crippen LogP contribution in [0.3, 0.4) is 0 Å². The molecule has 4 aromatic rings. The number of rotatable bonds is 11. The first-order valence-corrected chi connectivity index (χ1v) is 16.3. The lowest BCUT2D eigenvalue weighted by molar-refractivity contribution is -0.152. The van der Waals surface area contributed by atoms with E-state index in [1.54, 1.807) is 25.1 Å². The normalized spacial score (nSPS) is 14.3. The van der Waals surface area contributed by atoms with Crippen LogP contribution in [-0.4, -0.2) is 58.5 Å². The van der Waals surface area contributed by atoms with E-state index in [9.17, 15) is 27.9 Å². The Morgan fingerprint density at radius 1 is 0.936 bits per heavy atom. The van der Waals surface area contributed by atoms with Gasteiger partial charge in [-0.25, -0.2) is 9.78 Å². The maximum Gasteiger partial charge on any atom is 0.416 e. The number of benzene rings is 3. The van der Waals surface area contributed by atoms with E-state index in [0.29, 0.717) is 40.4 Å². The molecule has 248 valence electrons. The summed E-state index contributed by atoms with van der Waals surface area (Å²) in [5.41, 5.74) is 2.84. The van der Waals surface area contributed by atoms with Crippen molar-refractivity contribution in [3.05, 3.63) is 99.6 Å². The SMILES string of the molecule is Cc1ccc(N2CCN(Cc3nc(-c4ccc(C(F)(F)F)cc4)sc3CCC(=O)c3ccc(OC(C)(C)C(=O)O)c(C)c3)CC2)cc1. The van der Waals surface area contributed by atoms with Gasteiger partial charge < -0.3 is 14.7 Å². The Hall–Kier alpha value is -4.22. The van der Waals surface area contributed by atoms with Gasteiger partial charge >= 0.3 is 12.1 Å². The van der Waals surface area contributed by atoms with Gasteiger partial charge in [0.15, 0.2) is 11.4 Å². The van der Waals surface area contributed by atoms with E-state index in [4.69, 9.17) is 9.72 Å². The molecule has 3 aromatic carbocycles. The Bertz CT molecular complexity index is 1730. The molecule has 1 aliphatic rings. The molecule has 7 nitrogen and oxygen atoms in total. The number of alkyl halides is 3. The highest BCUT2D eigenvalue weighted by Gasteiger charge is 2.31. The third-order valence-corrected chi connectivity index (χ3v) is 9.54. The molecule has 1 aromatic heterocycles. The molecule has 0 atom stereocenters. The summed E-state index contributed by atoms with van der Waals surface area (Å²) < 4.78 is 45.2. The summed E-state index contributed by atoms with van der Waals surface area (Å²) in [7, 11) is 0. The number of carbonyl (C=O) groups is 2. The van der Waals surface area contributed by atoms with Gasteiger partial charge in [0.1, 0.15) is 10.8 Å². The van der Waals surface area contributed by atoms with E-state index in [1.165, 1.54) is 48.6 Å². The fourth-order valence-electron chi connectivity index (χ4n) is 5.39. The van der Waals surface area contributed by atoms with Crippen molar-refractivity contribution in [2.45, 2.75) is 58.9 Å². The van der Waals surface area contributed by atoms with E-state index >= 15 is 0 Å². The Morgan fingerprint density at radius 2 is 1.60 bits per heavy atom.